The molecule has 0 radical (unpaired) electrons. The maximum atomic E-state index is 13.1. The Bertz CT molecular complexity index is 865. The van der Waals surface area contributed by atoms with Crippen molar-refractivity contribution in [3.8, 4) is 5.75 Å². The molecule has 4 rings (SSSR count). The Morgan fingerprint density at radius 1 is 1.00 bits per heavy atom. The molecular formula is C24H28N2O3. The molecule has 0 saturated carbocycles. The number of likely N-dealkylation sites (tertiary alicyclic amines) is 2. The summed E-state index contributed by atoms with van der Waals surface area (Å²) in [6.45, 7) is 6.48. The summed E-state index contributed by atoms with van der Waals surface area (Å²) in [6, 6.07) is 17.7. The lowest BCUT2D eigenvalue weighted by molar-refractivity contribution is -0.130. The molecule has 0 spiro atoms. The minimum Gasteiger partial charge on any atom is -0.494 e. The molecule has 0 N–H and O–H groups in total. The van der Waals surface area contributed by atoms with Crippen molar-refractivity contribution in [2.45, 2.75) is 26.3 Å². The monoisotopic (exact) mass is 392 g/mol. The van der Waals surface area contributed by atoms with E-state index in [0.717, 1.165) is 17.7 Å². The van der Waals surface area contributed by atoms with Crippen molar-refractivity contribution < 1.29 is 14.3 Å². The minimum atomic E-state index is 0.0429. The fourth-order valence-electron chi connectivity index (χ4n) is 4.71. The summed E-state index contributed by atoms with van der Waals surface area (Å²) in [4.78, 5) is 29.2. The smallest absolute Gasteiger partial charge is 0.253 e. The average molecular weight is 392 g/mol. The zero-order chi connectivity index (χ0) is 20.4. The molecule has 29 heavy (non-hydrogen) atoms. The van der Waals surface area contributed by atoms with Crippen LogP contribution >= 0.6 is 0 Å². The summed E-state index contributed by atoms with van der Waals surface area (Å²) < 4.78 is 5.61. The second kappa shape index (κ2) is 8.27. The zero-order valence-corrected chi connectivity index (χ0v) is 17.1. The lowest BCUT2D eigenvalue weighted by Crippen LogP contribution is -2.36. The Balaban J connectivity index is 1.49. The molecule has 2 aliphatic rings. The summed E-state index contributed by atoms with van der Waals surface area (Å²) in [5, 5.41) is 0. The van der Waals surface area contributed by atoms with Gasteiger partial charge in [-0.15, -0.1) is 0 Å². The Kier molecular flexibility index (Phi) is 5.56. The molecule has 0 aliphatic carbocycles. The molecule has 5 heteroatoms. The molecule has 0 unspecified atom stereocenters. The van der Waals surface area contributed by atoms with Crippen LogP contribution in [-0.4, -0.2) is 47.9 Å². The number of hydrogen-bond donors (Lipinski definition) is 0. The highest BCUT2D eigenvalue weighted by atomic mass is 16.5. The third kappa shape index (κ3) is 3.86. The highest BCUT2D eigenvalue weighted by Gasteiger charge is 2.49. The van der Waals surface area contributed by atoms with Gasteiger partial charge < -0.3 is 14.5 Å². The number of ether oxygens (including phenoxy) is 1. The molecule has 2 fully saturated rings. The van der Waals surface area contributed by atoms with Crippen molar-refractivity contribution in [2.24, 2.45) is 11.8 Å². The lowest BCUT2D eigenvalue weighted by Gasteiger charge is -2.29. The molecule has 0 aromatic heterocycles. The molecule has 2 aromatic rings. The van der Waals surface area contributed by atoms with Crippen LogP contribution in [0.2, 0.25) is 0 Å². The maximum absolute atomic E-state index is 13.1. The molecule has 5 nitrogen and oxygen atoms in total. The molecule has 2 heterocycles. The molecule has 0 bridgehead atoms. The van der Waals surface area contributed by atoms with Crippen molar-refractivity contribution in [3.05, 3.63) is 65.7 Å². The number of rotatable bonds is 5. The van der Waals surface area contributed by atoms with Crippen LogP contribution in [0.3, 0.4) is 0 Å². The van der Waals surface area contributed by atoms with Crippen LogP contribution in [0.1, 0.15) is 42.2 Å². The highest BCUT2D eigenvalue weighted by Crippen LogP contribution is 2.45. The van der Waals surface area contributed by atoms with E-state index in [2.05, 4.69) is 19.1 Å². The molecule has 3 atom stereocenters. The molecule has 2 aromatic carbocycles. The van der Waals surface area contributed by atoms with Gasteiger partial charge in [0.1, 0.15) is 5.75 Å². The Labute approximate surface area is 172 Å². The van der Waals surface area contributed by atoms with Crippen LogP contribution in [0.15, 0.2) is 54.6 Å². The number of carbonyl (C=O) groups is 2. The van der Waals surface area contributed by atoms with Gasteiger partial charge in [0, 0.05) is 44.0 Å². The van der Waals surface area contributed by atoms with E-state index in [1.54, 1.807) is 6.92 Å². The predicted octanol–water partition coefficient (Wildman–Crippen LogP) is 3.77. The molecule has 2 amide bonds. The Morgan fingerprint density at radius 3 is 2.38 bits per heavy atom. The Morgan fingerprint density at radius 2 is 1.72 bits per heavy atom. The fraction of sp³-hybridized carbons (Fsp3) is 0.417. The fourth-order valence-corrected chi connectivity index (χ4v) is 4.71. The quantitative estimate of drug-likeness (QED) is 0.778. The van der Waals surface area contributed by atoms with Gasteiger partial charge >= 0.3 is 0 Å². The lowest BCUT2D eigenvalue weighted by atomic mass is 9.89. The number of nitrogens with zero attached hydrogens (tertiary/aromatic N) is 2. The number of fused-ring (bicyclic) bond motifs is 1. The first kappa shape index (κ1) is 19.5. The first-order valence-electron chi connectivity index (χ1n) is 10.4. The van der Waals surface area contributed by atoms with Gasteiger partial charge in [-0.05, 0) is 36.2 Å². The van der Waals surface area contributed by atoms with E-state index in [-0.39, 0.29) is 23.8 Å². The largest absolute Gasteiger partial charge is 0.494 e. The van der Waals surface area contributed by atoms with E-state index in [0.29, 0.717) is 37.7 Å². The average Bonchev–Trinajstić information content (AvgIpc) is 3.31. The van der Waals surface area contributed by atoms with E-state index in [1.807, 2.05) is 52.3 Å². The van der Waals surface area contributed by atoms with Crippen molar-refractivity contribution in [1.29, 1.82) is 0 Å². The zero-order valence-electron chi connectivity index (χ0n) is 17.1. The van der Waals surface area contributed by atoms with Crippen LogP contribution in [0.25, 0.3) is 0 Å². The van der Waals surface area contributed by atoms with Crippen molar-refractivity contribution >= 4 is 11.8 Å². The van der Waals surface area contributed by atoms with E-state index >= 15 is 0 Å². The van der Waals surface area contributed by atoms with E-state index < -0.39 is 0 Å². The van der Waals surface area contributed by atoms with Crippen LogP contribution in [0.5, 0.6) is 5.75 Å². The summed E-state index contributed by atoms with van der Waals surface area (Å²) >= 11 is 0. The molecule has 2 saturated heterocycles. The number of amides is 2. The van der Waals surface area contributed by atoms with Gasteiger partial charge in [-0.25, -0.2) is 0 Å². The summed E-state index contributed by atoms with van der Waals surface area (Å²) in [7, 11) is 0. The van der Waals surface area contributed by atoms with Crippen molar-refractivity contribution in [2.75, 3.05) is 26.2 Å². The van der Waals surface area contributed by atoms with Gasteiger partial charge in [0.2, 0.25) is 5.91 Å². The summed E-state index contributed by atoms with van der Waals surface area (Å²) in [5.74, 6) is 1.55. The van der Waals surface area contributed by atoms with Gasteiger partial charge in [-0.1, -0.05) is 37.3 Å². The van der Waals surface area contributed by atoms with Gasteiger partial charge in [-0.3, -0.25) is 9.59 Å². The van der Waals surface area contributed by atoms with E-state index in [1.165, 1.54) is 0 Å². The second-order valence-corrected chi connectivity index (χ2v) is 8.03. The van der Waals surface area contributed by atoms with Gasteiger partial charge in [0.25, 0.3) is 5.91 Å². The molecule has 152 valence electrons. The number of carbonyl (C=O) groups excluding carboxylic acids is 2. The number of benzene rings is 2. The normalized spacial score (nSPS) is 23.2. The molecule has 2 aliphatic heterocycles. The predicted molar refractivity (Wildman–Crippen MR) is 112 cm³/mol. The first-order chi connectivity index (χ1) is 14.1. The van der Waals surface area contributed by atoms with Crippen LogP contribution in [-0.2, 0) is 4.79 Å². The SMILES string of the molecule is CCCOc1ccc(C(=O)N2C[C@@H]3CN(C(C)=O)[C@@H](c4ccccc4)[C@@H]3C2)cc1. The summed E-state index contributed by atoms with van der Waals surface area (Å²) in [6.07, 6.45) is 0.955. The van der Waals surface area contributed by atoms with Gasteiger partial charge in [0.15, 0.2) is 0 Å². The van der Waals surface area contributed by atoms with Crippen molar-refractivity contribution in [1.82, 2.24) is 9.80 Å². The second-order valence-electron chi connectivity index (χ2n) is 8.03. The Hall–Kier alpha value is -2.82. The maximum Gasteiger partial charge on any atom is 0.253 e. The summed E-state index contributed by atoms with van der Waals surface area (Å²) in [5.41, 5.74) is 1.84. The van der Waals surface area contributed by atoms with E-state index in [4.69, 9.17) is 4.74 Å². The van der Waals surface area contributed by atoms with Crippen LogP contribution in [0, 0.1) is 11.8 Å². The standard InChI is InChI=1S/C24H28N2O3/c1-3-13-29-21-11-9-19(10-12-21)24(28)25-14-20-15-26(17(2)27)23(22(20)16-25)18-7-5-4-6-8-18/h4-12,20,22-23H,3,13-16H2,1-2H3/t20-,22-,23+/m1/s1. The van der Waals surface area contributed by atoms with Crippen LogP contribution in [0.4, 0.5) is 0 Å². The molecular weight excluding hydrogens is 364 g/mol. The van der Waals surface area contributed by atoms with Crippen molar-refractivity contribution in [3.63, 3.8) is 0 Å². The van der Waals surface area contributed by atoms with Gasteiger partial charge in [0.05, 0.1) is 12.6 Å². The third-order valence-electron chi connectivity index (χ3n) is 6.07. The topological polar surface area (TPSA) is 49.9 Å². The minimum absolute atomic E-state index is 0.0429. The van der Waals surface area contributed by atoms with Gasteiger partial charge in [-0.2, -0.15) is 0 Å². The third-order valence-corrected chi connectivity index (χ3v) is 6.07. The highest BCUT2D eigenvalue weighted by molar-refractivity contribution is 5.94. The van der Waals surface area contributed by atoms with Crippen LogP contribution < -0.4 is 4.74 Å². The number of hydrogen-bond acceptors (Lipinski definition) is 3. The van der Waals surface area contributed by atoms with E-state index in [9.17, 15) is 9.59 Å². The first-order valence-corrected chi connectivity index (χ1v) is 10.4.